The van der Waals surface area contributed by atoms with Crippen LogP contribution in [-0.2, 0) is 11.2 Å². The van der Waals surface area contributed by atoms with Gasteiger partial charge in [0.2, 0.25) is 5.91 Å². The van der Waals surface area contributed by atoms with Gasteiger partial charge in [0.05, 0.1) is 12.6 Å². The van der Waals surface area contributed by atoms with Gasteiger partial charge in [-0.05, 0) is 18.4 Å². The number of nitrogens with zero attached hydrogens (tertiary/aromatic N) is 1. The standard InChI is InChI=1S/C15H22N2O2/c1-2-10-17(11-12-18)15(19)14(16)9-8-13-6-4-3-5-7-13/h2-7,14,18H,1,8-12,16H2/t14-/m0/s1. The summed E-state index contributed by atoms with van der Waals surface area (Å²) in [5.41, 5.74) is 7.09. The molecule has 19 heavy (non-hydrogen) atoms. The molecule has 0 aromatic heterocycles. The molecule has 1 atom stereocenters. The molecular weight excluding hydrogens is 240 g/mol. The van der Waals surface area contributed by atoms with Crippen molar-refractivity contribution in [3.8, 4) is 0 Å². The second-order valence-electron chi connectivity index (χ2n) is 4.43. The Balaban J connectivity index is 2.48. The van der Waals surface area contributed by atoms with Crippen LogP contribution in [0.25, 0.3) is 0 Å². The molecule has 0 aliphatic rings. The Kier molecular flexibility index (Phi) is 6.85. The van der Waals surface area contributed by atoms with Gasteiger partial charge in [0.15, 0.2) is 0 Å². The maximum Gasteiger partial charge on any atom is 0.239 e. The van der Waals surface area contributed by atoms with Gasteiger partial charge in [-0.25, -0.2) is 0 Å². The minimum Gasteiger partial charge on any atom is -0.395 e. The zero-order chi connectivity index (χ0) is 14.1. The van der Waals surface area contributed by atoms with Gasteiger partial charge < -0.3 is 15.7 Å². The minimum absolute atomic E-state index is 0.0645. The molecule has 0 unspecified atom stereocenters. The van der Waals surface area contributed by atoms with Crippen molar-refractivity contribution < 1.29 is 9.90 Å². The van der Waals surface area contributed by atoms with Crippen LogP contribution >= 0.6 is 0 Å². The molecule has 0 bridgehead atoms. The predicted octanol–water partition coefficient (Wildman–Crippen LogP) is 0.953. The number of nitrogens with two attached hydrogens (primary N) is 1. The number of hydrogen-bond acceptors (Lipinski definition) is 3. The van der Waals surface area contributed by atoms with E-state index in [4.69, 9.17) is 10.8 Å². The van der Waals surface area contributed by atoms with E-state index in [0.29, 0.717) is 19.5 Å². The molecule has 4 heteroatoms. The molecule has 1 aromatic rings. The van der Waals surface area contributed by atoms with Gasteiger partial charge in [0.25, 0.3) is 0 Å². The van der Waals surface area contributed by atoms with Crippen molar-refractivity contribution in [1.29, 1.82) is 0 Å². The Morgan fingerprint density at radius 2 is 2.11 bits per heavy atom. The van der Waals surface area contributed by atoms with Crippen LogP contribution in [0.4, 0.5) is 0 Å². The van der Waals surface area contributed by atoms with E-state index in [9.17, 15) is 4.79 Å². The molecule has 0 fully saturated rings. The summed E-state index contributed by atoms with van der Waals surface area (Å²) in [5, 5.41) is 8.93. The Labute approximate surface area is 114 Å². The first-order chi connectivity index (χ1) is 9.19. The lowest BCUT2D eigenvalue weighted by Gasteiger charge is -2.23. The summed E-state index contributed by atoms with van der Waals surface area (Å²) in [6.07, 6.45) is 3.01. The third-order valence-corrected chi connectivity index (χ3v) is 2.94. The maximum atomic E-state index is 12.1. The van der Waals surface area contributed by atoms with Crippen LogP contribution in [0.1, 0.15) is 12.0 Å². The SMILES string of the molecule is C=CCN(CCO)C(=O)[C@@H](N)CCc1ccccc1. The molecule has 0 spiro atoms. The zero-order valence-corrected chi connectivity index (χ0v) is 11.2. The summed E-state index contributed by atoms with van der Waals surface area (Å²) in [6.45, 7) is 4.25. The number of carbonyl (C=O) groups excluding carboxylic acids is 1. The second kappa shape index (κ2) is 8.45. The third-order valence-electron chi connectivity index (χ3n) is 2.94. The molecule has 0 heterocycles. The Bertz CT molecular complexity index is 392. The summed E-state index contributed by atoms with van der Waals surface area (Å²) in [4.78, 5) is 13.6. The Hall–Kier alpha value is -1.65. The number of rotatable bonds is 8. The Morgan fingerprint density at radius 3 is 2.68 bits per heavy atom. The first kappa shape index (κ1) is 15.4. The number of amides is 1. The zero-order valence-electron chi connectivity index (χ0n) is 11.2. The molecule has 104 valence electrons. The first-order valence-corrected chi connectivity index (χ1v) is 6.49. The molecule has 0 radical (unpaired) electrons. The van der Waals surface area contributed by atoms with Crippen molar-refractivity contribution in [2.45, 2.75) is 18.9 Å². The van der Waals surface area contributed by atoms with Crippen molar-refractivity contribution in [2.75, 3.05) is 19.7 Å². The number of aliphatic hydroxyl groups is 1. The highest BCUT2D eigenvalue weighted by atomic mass is 16.3. The van der Waals surface area contributed by atoms with Crippen LogP contribution in [0.3, 0.4) is 0 Å². The average molecular weight is 262 g/mol. The van der Waals surface area contributed by atoms with Crippen LogP contribution < -0.4 is 5.73 Å². The number of benzene rings is 1. The molecule has 1 aromatic carbocycles. The van der Waals surface area contributed by atoms with Gasteiger partial charge in [-0.15, -0.1) is 6.58 Å². The van der Waals surface area contributed by atoms with Crippen molar-refractivity contribution in [1.82, 2.24) is 4.90 Å². The topological polar surface area (TPSA) is 66.6 Å². The molecule has 0 aliphatic heterocycles. The van der Waals surface area contributed by atoms with Gasteiger partial charge in [-0.3, -0.25) is 4.79 Å². The van der Waals surface area contributed by atoms with Crippen molar-refractivity contribution >= 4 is 5.91 Å². The normalized spacial score (nSPS) is 11.9. The van der Waals surface area contributed by atoms with Gasteiger partial charge in [0, 0.05) is 13.1 Å². The molecule has 0 saturated carbocycles. The summed E-state index contributed by atoms with van der Waals surface area (Å²) in [6, 6.07) is 9.41. The molecule has 0 saturated heterocycles. The average Bonchev–Trinajstić information content (AvgIpc) is 2.45. The molecule has 1 amide bonds. The van der Waals surface area contributed by atoms with Gasteiger partial charge in [0.1, 0.15) is 0 Å². The van der Waals surface area contributed by atoms with Crippen molar-refractivity contribution in [3.05, 3.63) is 48.6 Å². The van der Waals surface area contributed by atoms with Crippen LogP contribution in [0.2, 0.25) is 0 Å². The van der Waals surface area contributed by atoms with Gasteiger partial charge in [-0.2, -0.15) is 0 Å². The third kappa shape index (κ3) is 5.24. The van der Waals surface area contributed by atoms with Gasteiger partial charge >= 0.3 is 0 Å². The summed E-state index contributed by atoms with van der Waals surface area (Å²) in [5.74, 6) is -0.134. The lowest BCUT2D eigenvalue weighted by Crippen LogP contribution is -2.45. The number of aryl methyl sites for hydroxylation is 1. The smallest absolute Gasteiger partial charge is 0.239 e. The summed E-state index contributed by atoms with van der Waals surface area (Å²) in [7, 11) is 0. The molecule has 0 aliphatic carbocycles. The van der Waals surface area contributed by atoms with Gasteiger partial charge in [-0.1, -0.05) is 36.4 Å². The Morgan fingerprint density at radius 1 is 1.42 bits per heavy atom. The van der Waals surface area contributed by atoms with E-state index in [-0.39, 0.29) is 12.5 Å². The molecule has 1 rings (SSSR count). The number of hydrogen-bond donors (Lipinski definition) is 2. The van der Waals surface area contributed by atoms with Crippen molar-refractivity contribution in [2.24, 2.45) is 5.73 Å². The van der Waals surface area contributed by atoms with Crippen LogP contribution in [0, 0.1) is 0 Å². The lowest BCUT2D eigenvalue weighted by atomic mass is 10.0. The van der Waals surface area contributed by atoms with Crippen LogP contribution in [-0.4, -0.2) is 41.7 Å². The summed E-state index contributed by atoms with van der Waals surface area (Å²) < 4.78 is 0. The van der Waals surface area contributed by atoms with E-state index in [0.717, 1.165) is 6.42 Å². The quantitative estimate of drug-likeness (QED) is 0.686. The van der Waals surface area contributed by atoms with E-state index in [1.807, 2.05) is 30.3 Å². The van der Waals surface area contributed by atoms with E-state index in [1.54, 1.807) is 6.08 Å². The largest absolute Gasteiger partial charge is 0.395 e. The monoisotopic (exact) mass is 262 g/mol. The molecule has 3 N–H and O–H groups in total. The van der Waals surface area contributed by atoms with E-state index in [2.05, 4.69) is 6.58 Å². The summed E-state index contributed by atoms with van der Waals surface area (Å²) >= 11 is 0. The fourth-order valence-electron chi connectivity index (χ4n) is 1.89. The lowest BCUT2D eigenvalue weighted by molar-refractivity contribution is -0.132. The van der Waals surface area contributed by atoms with Crippen LogP contribution in [0.5, 0.6) is 0 Å². The molecular formula is C15H22N2O2. The minimum atomic E-state index is -0.535. The maximum absolute atomic E-state index is 12.1. The fourth-order valence-corrected chi connectivity index (χ4v) is 1.89. The predicted molar refractivity (Wildman–Crippen MR) is 76.6 cm³/mol. The van der Waals surface area contributed by atoms with E-state index < -0.39 is 6.04 Å². The number of aliphatic hydroxyl groups excluding tert-OH is 1. The fraction of sp³-hybridized carbons (Fsp3) is 0.400. The number of carbonyl (C=O) groups is 1. The van der Waals surface area contributed by atoms with Crippen LogP contribution in [0.15, 0.2) is 43.0 Å². The second-order valence-corrected chi connectivity index (χ2v) is 4.43. The highest BCUT2D eigenvalue weighted by molar-refractivity contribution is 5.81. The van der Waals surface area contributed by atoms with E-state index in [1.165, 1.54) is 10.5 Å². The molecule has 4 nitrogen and oxygen atoms in total. The van der Waals surface area contributed by atoms with Crippen molar-refractivity contribution in [3.63, 3.8) is 0 Å². The highest BCUT2D eigenvalue weighted by Gasteiger charge is 2.19. The first-order valence-electron chi connectivity index (χ1n) is 6.49. The van der Waals surface area contributed by atoms with E-state index >= 15 is 0 Å². The highest BCUT2D eigenvalue weighted by Crippen LogP contribution is 2.06.